The molecule has 0 saturated carbocycles. The van der Waals surface area contributed by atoms with Gasteiger partial charge in [-0.05, 0) is 37.4 Å². The lowest BCUT2D eigenvalue weighted by Crippen LogP contribution is -2.31. The van der Waals surface area contributed by atoms with E-state index in [9.17, 15) is 9.59 Å². The van der Waals surface area contributed by atoms with Crippen molar-refractivity contribution in [2.45, 2.75) is 13.1 Å². The second-order valence-corrected chi connectivity index (χ2v) is 6.10. The molecule has 0 aliphatic rings. The molecule has 128 valence electrons. The van der Waals surface area contributed by atoms with Crippen LogP contribution in [0.25, 0.3) is 5.65 Å². The van der Waals surface area contributed by atoms with Gasteiger partial charge in [0, 0.05) is 25.5 Å². The van der Waals surface area contributed by atoms with Gasteiger partial charge >= 0.3 is 0 Å². The Balaban J connectivity index is 1.80. The van der Waals surface area contributed by atoms with Crippen molar-refractivity contribution in [2.75, 3.05) is 14.1 Å². The van der Waals surface area contributed by atoms with Crippen LogP contribution < -0.4 is 10.9 Å². The molecule has 2 aromatic heterocycles. The number of hydrogen-bond donors (Lipinski definition) is 1. The Hall–Kier alpha value is -2.99. The van der Waals surface area contributed by atoms with Gasteiger partial charge < -0.3 is 10.2 Å². The lowest BCUT2D eigenvalue weighted by molar-refractivity contribution is 0.0948. The summed E-state index contributed by atoms with van der Waals surface area (Å²) in [6.07, 6.45) is 2.94. The summed E-state index contributed by atoms with van der Waals surface area (Å²) in [7, 11) is 3.99. The molecule has 3 rings (SSSR count). The molecule has 6 heteroatoms. The van der Waals surface area contributed by atoms with Crippen molar-refractivity contribution in [1.29, 1.82) is 0 Å². The fourth-order valence-electron chi connectivity index (χ4n) is 2.68. The van der Waals surface area contributed by atoms with E-state index in [-0.39, 0.29) is 11.1 Å². The van der Waals surface area contributed by atoms with Crippen LogP contribution in [0.2, 0.25) is 0 Å². The molecule has 6 nitrogen and oxygen atoms in total. The number of nitrogens with one attached hydrogen (secondary N) is 1. The molecular formula is C19H20N4O2. The van der Waals surface area contributed by atoms with E-state index in [0.717, 1.165) is 17.7 Å². The fourth-order valence-corrected chi connectivity index (χ4v) is 2.68. The molecule has 1 N–H and O–H groups in total. The van der Waals surface area contributed by atoms with E-state index in [1.807, 2.05) is 38.4 Å². The largest absolute Gasteiger partial charge is 0.348 e. The Morgan fingerprint density at radius 2 is 1.84 bits per heavy atom. The summed E-state index contributed by atoms with van der Waals surface area (Å²) in [6.45, 7) is 1.14. The summed E-state index contributed by atoms with van der Waals surface area (Å²) >= 11 is 0. The summed E-state index contributed by atoms with van der Waals surface area (Å²) in [5.74, 6) is -0.421. The second kappa shape index (κ2) is 7.27. The van der Waals surface area contributed by atoms with Crippen LogP contribution in [0.1, 0.15) is 21.5 Å². The van der Waals surface area contributed by atoms with Crippen LogP contribution in [0.15, 0.2) is 59.7 Å². The third kappa shape index (κ3) is 3.75. The maximum atomic E-state index is 12.4. The van der Waals surface area contributed by atoms with Gasteiger partial charge in [0.1, 0.15) is 11.2 Å². The number of fused-ring (bicyclic) bond motifs is 1. The van der Waals surface area contributed by atoms with Crippen LogP contribution in [-0.4, -0.2) is 34.3 Å². The first-order valence-corrected chi connectivity index (χ1v) is 8.02. The van der Waals surface area contributed by atoms with E-state index in [0.29, 0.717) is 12.2 Å². The molecule has 0 saturated heterocycles. The smallest absolute Gasteiger partial charge is 0.270 e. The van der Waals surface area contributed by atoms with E-state index in [2.05, 4.69) is 15.2 Å². The average Bonchev–Trinajstić information content (AvgIpc) is 2.61. The molecule has 2 heterocycles. The van der Waals surface area contributed by atoms with Crippen molar-refractivity contribution in [3.05, 3.63) is 81.9 Å². The molecule has 0 aliphatic carbocycles. The number of hydrogen-bond acceptors (Lipinski definition) is 4. The summed E-state index contributed by atoms with van der Waals surface area (Å²) in [5.41, 5.74) is 2.35. The van der Waals surface area contributed by atoms with Gasteiger partial charge in [0.2, 0.25) is 0 Å². The highest BCUT2D eigenvalue weighted by atomic mass is 16.2. The molecular weight excluding hydrogens is 316 g/mol. The Bertz CT molecular complexity index is 963. The lowest BCUT2D eigenvalue weighted by atomic mass is 10.1. The van der Waals surface area contributed by atoms with Crippen LogP contribution in [-0.2, 0) is 13.1 Å². The highest BCUT2D eigenvalue weighted by Crippen LogP contribution is 2.10. The minimum Gasteiger partial charge on any atom is -0.348 e. The third-order valence-electron chi connectivity index (χ3n) is 3.90. The predicted octanol–water partition coefficient (Wildman–Crippen LogP) is 1.69. The molecule has 0 radical (unpaired) electrons. The average molecular weight is 336 g/mol. The molecule has 3 aromatic rings. The van der Waals surface area contributed by atoms with Crippen molar-refractivity contribution >= 4 is 11.6 Å². The number of rotatable bonds is 5. The van der Waals surface area contributed by atoms with Gasteiger partial charge in [-0.1, -0.05) is 30.3 Å². The normalized spacial score (nSPS) is 11.0. The molecule has 25 heavy (non-hydrogen) atoms. The van der Waals surface area contributed by atoms with Crippen LogP contribution in [0.4, 0.5) is 0 Å². The molecule has 1 amide bonds. The predicted molar refractivity (Wildman–Crippen MR) is 96.5 cm³/mol. The zero-order valence-electron chi connectivity index (χ0n) is 14.3. The molecule has 0 unspecified atom stereocenters. The summed E-state index contributed by atoms with van der Waals surface area (Å²) in [4.78, 5) is 31.1. The molecule has 0 aliphatic heterocycles. The monoisotopic (exact) mass is 336 g/mol. The highest BCUT2D eigenvalue weighted by molar-refractivity contribution is 5.93. The quantitative estimate of drug-likeness (QED) is 0.770. The molecule has 0 spiro atoms. The molecule has 0 bridgehead atoms. The summed E-state index contributed by atoms with van der Waals surface area (Å²) in [6, 6.07) is 13.2. The Morgan fingerprint density at radius 1 is 1.12 bits per heavy atom. The molecule has 0 fully saturated rings. The Kier molecular flexibility index (Phi) is 4.90. The van der Waals surface area contributed by atoms with Gasteiger partial charge in [-0.3, -0.25) is 14.0 Å². The minimum atomic E-state index is -0.421. The fraction of sp³-hybridized carbons (Fsp3) is 0.211. The molecule has 1 aromatic carbocycles. The van der Waals surface area contributed by atoms with Crippen LogP contribution in [0.3, 0.4) is 0 Å². The highest BCUT2D eigenvalue weighted by Gasteiger charge is 2.13. The number of pyridine rings is 1. The topological polar surface area (TPSA) is 66.7 Å². The van der Waals surface area contributed by atoms with E-state index in [1.165, 1.54) is 10.6 Å². The SMILES string of the molecule is CN(C)Cc1ccccc1CNC(=O)c1cnc2ccccn2c1=O. The van der Waals surface area contributed by atoms with Crippen LogP contribution in [0.5, 0.6) is 0 Å². The summed E-state index contributed by atoms with van der Waals surface area (Å²) in [5, 5.41) is 2.82. The van der Waals surface area contributed by atoms with Crippen LogP contribution in [0, 0.1) is 0 Å². The van der Waals surface area contributed by atoms with Gasteiger partial charge in [-0.25, -0.2) is 4.98 Å². The number of benzene rings is 1. The summed E-state index contributed by atoms with van der Waals surface area (Å²) < 4.78 is 1.37. The van der Waals surface area contributed by atoms with E-state index < -0.39 is 5.91 Å². The first kappa shape index (κ1) is 16.9. The third-order valence-corrected chi connectivity index (χ3v) is 3.90. The van der Waals surface area contributed by atoms with Crippen LogP contribution >= 0.6 is 0 Å². The van der Waals surface area contributed by atoms with Crippen molar-refractivity contribution in [3.8, 4) is 0 Å². The first-order valence-electron chi connectivity index (χ1n) is 8.02. The van der Waals surface area contributed by atoms with E-state index >= 15 is 0 Å². The standard InChI is InChI=1S/C19H20N4O2/c1-22(2)13-15-8-4-3-7-14(15)11-21-18(24)16-12-20-17-9-5-6-10-23(17)19(16)25/h3-10,12H,11,13H2,1-2H3,(H,21,24). The van der Waals surface area contributed by atoms with Crippen molar-refractivity contribution in [1.82, 2.24) is 19.6 Å². The van der Waals surface area contributed by atoms with Gasteiger partial charge in [0.25, 0.3) is 11.5 Å². The van der Waals surface area contributed by atoms with E-state index in [4.69, 9.17) is 0 Å². The second-order valence-electron chi connectivity index (χ2n) is 6.10. The van der Waals surface area contributed by atoms with Gasteiger partial charge in [0.05, 0.1) is 0 Å². The van der Waals surface area contributed by atoms with Gasteiger partial charge in [-0.15, -0.1) is 0 Å². The number of nitrogens with zero attached hydrogens (tertiary/aromatic N) is 3. The van der Waals surface area contributed by atoms with Crippen molar-refractivity contribution in [2.24, 2.45) is 0 Å². The van der Waals surface area contributed by atoms with Crippen molar-refractivity contribution in [3.63, 3.8) is 0 Å². The number of carbonyl (C=O) groups excluding carboxylic acids is 1. The zero-order valence-corrected chi connectivity index (χ0v) is 14.3. The number of amides is 1. The Morgan fingerprint density at radius 3 is 2.60 bits per heavy atom. The minimum absolute atomic E-state index is 0.0359. The maximum Gasteiger partial charge on any atom is 0.270 e. The first-order chi connectivity index (χ1) is 12.1. The Labute approximate surface area is 145 Å². The van der Waals surface area contributed by atoms with Crippen molar-refractivity contribution < 1.29 is 4.79 Å². The zero-order chi connectivity index (χ0) is 17.8. The van der Waals surface area contributed by atoms with E-state index in [1.54, 1.807) is 24.4 Å². The maximum absolute atomic E-state index is 12.4. The number of carbonyl (C=O) groups is 1. The van der Waals surface area contributed by atoms with Gasteiger partial charge in [-0.2, -0.15) is 0 Å². The van der Waals surface area contributed by atoms with Gasteiger partial charge in [0.15, 0.2) is 0 Å². The number of aromatic nitrogens is 2. The lowest BCUT2D eigenvalue weighted by Gasteiger charge is -2.14. The molecule has 0 atom stereocenters.